The molecule has 1 aliphatic rings. The molecule has 0 bridgehead atoms. The Hall–Kier alpha value is -2.38. The van der Waals surface area contributed by atoms with Gasteiger partial charge in [-0.2, -0.15) is 5.10 Å². The minimum absolute atomic E-state index is 0.0201. The first-order chi connectivity index (χ1) is 14.3. The van der Waals surface area contributed by atoms with Gasteiger partial charge < -0.3 is 9.64 Å². The number of rotatable bonds is 7. The average molecular weight is 433 g/mol. The van der Waals surface area contributed by atoms with Crippen LogP contribution in [0.1, 0.15) is 34.2 Å². The highest BCUT2D eigenvalue weighted by molar-refractivity contribution is 6.30. The Bertz CT molecular complexity index is 933. The second kappa shape index (κ2) is 9.62. The van der Waals surface area contributed by atoms with Crippen molar-refractivity contribution in [2.75, 3.05) is 39.3 Å². The van der Waals surface area contributed by atoms with E-state index in [9.17, 15) is 9.59 Å². The van der Waals surface area contributed by atoms with Crippen LogP contribution in [0.15, 0.2) is 18.2 Å². The Morgan fingerprint density at radius 3 is 2.43 bits per heavy atom. The smallest absolute Gasteiger partial charge is 0.244 e. The van der Waals surface area contributed by atoms with Crippen molar-refractivity contribution in [3.63, 3.8) is 0 Å². The van der Waals surface area contributed by atoms with Gasteiger partial charge in [-0.3, -0.25) is 19.2 Å². The first-order valence-corrected chi connectivity index (χ1v) is 10.6. The fraction of sp³-hybridized carbons (Fsp3) is 0.500. The number of ketones is 1. The minimum Gasteiger partial charge on any atom is -0.492 e. The number of amides is 1. The molecule has 0 saturated carbocycles. The highest BCUT2D eigenvalue weighted by Crippen LogP contribution is 2.21. The molecule has 2 heterocycles. The van der Waals surface area contributed by atoms with E-state index in [2.05, 4.69) is 10.00 Å². The van der Waals surface area contributed by atoms with Crippen LogP contribution in [0.2, 0.25) is 5.02 Å². The first-order valence-electron chi connectivity index (χ1n) is 10.2. The second-order valence-corrected chi connectivity index (χ2v) is 8.18. The Morgan fingerprint density at radius 1 is 1.13 bits per heavy atom. The van der Waals surface area contributed by atoms with E-state index in [-0.39, 0.29) is 18.2 Å². The van der Waals surface area contributed by atoms with Crippen LogP contribution in [-0.4, -0.2) is 70.6 Å². The normalized spacial score (nSPS) is 14.8. The summed E-state index contributed by atoms with van der Waals surface area (Å²) < 4.78 is 7.52. The predicted octanol–water partition coefficient (Wildman–Crippen LogP) is 2.89. The molecule has 0 aliphatic carbocycles. The van der Waals surface area contributed by atoms with Gasteiger partial charge >= 0.3 is 0 Å². The maximum atomic E-state index is 12.7. The predicted molar refractivity (Wildman–Crippen MR) is 116 cm³/mol. The Balaban J connectivity index is 1.45. The minimum atomic E-state index is -0.0201. The molecule has 1 amide bonds. The molecule has 1 aliphatic heterocycles. The van der Waals surface area contributed by atoms with Gasteiger partial charge in [0.25, 0.3) is 0 Å². The Morgan fingerprint density at radius 2 is 1.83 bits per heavy atom. The lowest BCUT2D eigenvalue weighted by Gasteiger charge is -2.34. The van der Waals surface area contributed by atoms with Gasteiger partial charge in [0.05, 0.1) is 11.3 Å². The quantitative estimate of drug-likeness (QED) is 0.629. The number of aryl methyl sites for hydroxylation is 2. The largest absolute Gasteiger partial charge is 0.492 e. The maximum Gasteiger partial charge on any atom is 0.244 e. The number of Topliss-reactive ketones (excluding diaryl/α,β-unsaturated/α-hetero) is 1. The molecular formula is C22H29ClN4O3. The van der Waals surface area contributed by atoms with Crippen LogP contribution in [0, 0.1) is 20.8 Å². The monoisotopic (exact) mass is 432 g/mol. The third-order valence-corrected chi connectivity index (χ3v) is 5.78. The summed E-state index contributed by atoms with van der Waals surface area (Å²) in [5, 5.41) is 5.08. The van der Waals surface area contributed by atoms with Crippen molar-refractivity contribution < 1.29 is 14.3 Å². The molecule has 1 fully saturated rings. The number of aromatic nitrogens is 2. The van der Waals surface area contributed by atoms with E-state index in [0.29, 0.717) is 36.0 Å². The van der Waals surface area contributed by atoms with Crippen molar-refractivity contribution in [3.05, 3.63) is 45.7 Å². The Labute approximate surface area is 182 Å². The average Bonchev–Trinajstić information content (AvgIpc) is 2.97. The molecule has 3 rings (SSSR count). The molecule has 1 aromatic carbocycles. The van der Waals surface area contributed by atoms with Crippen LogP contribution in [0.5, 0.6) is 5.75 Å². The van der Waals surface area contributed by atoms with Crippen molar-refractivity contribution >= 4 is 23.3 Å². The summed E-state index contributed by atoms with van der Waals surface area (Å²) in [7, 11) is 0. The second-order valence-electron chi connectivity index (χ2n) is 7.74. The van der Waals surface area contributed by atoms with Crippen LogP contribution < -0.4 is 4.74 Å². The summed E-state index contributed by atoms with van der Waals surface area (Å²) in [4.78, 5) is 28.6. The first kappa shape index (κ1) is 22.3. The highest BCUT2D eigenvalue weighted by atomic mass is 35.5. The summed E-state index contributed by atoms with van der Waals surface area (Å²) in [6, 6.07) is 5.62. The number of carbonyl (C=O) groups excluding carboxylic acids is 2. The molecule has 30 heavy (non-hydrogen) atoms. The number of hydrogen-bond acceptors (Lipinski definition) is 5. The molecule has 2 aromatic rings. The standard InChI is InChI=1S/C22H29ClN4O3/c1-15-13-19(23)5-6-20(15)30-12-11-25-7-9-26(10-8-25)21(29)14-27-17(3)22(18(4)28)16(2)24-27/h5-6,13H,7-12,14H2,1-4H3. The number of ether oxygens (including phenoxy) is 1. The van der Waals surface area contributed by atoms with Gasteiger partial charge in [0, 0.05) is 43.4 Å². The lowest BCUT2D eigenvalue weighted by atomic mass is 10.1. The van der Waals surface area contributed by atoms with Crippen LogP contribution >= 0.6 is 11.6 Å². The molecule has 162 valence electrons. The van der Waals surface area contributed by atoms with E-state index in [4.69, 9.17) is 16.3 Å². The number of piperazine rings is 1. The molecule has 0 unspecified atom stereocenters. The van der Waals surface area contributed by atoms with E-state index in [1.807, 2.05) is 36.9 Å². The van der Waals surface area contributed by atoms with E-state index in [0.717, 1.165) is 36.6 Å². The molecular weight excluding hydrogens is 404 g/mol. The van der Waals surface area contributed by atoms with E-state index in [1.165, 1.54) is 6.92 Å². The lowest BCUT2D eigenvalue weighted by molar-refractivity contribution is -0.133. The molecule has 8 heteroatoms. The van der Waals surface area contributed by atoms with Gasteiger partial charge in [0.15, 0.2) is 5.78 Å². The lowest BCUT2D eigenvalue weighted by Crippen LogP contribution is -2.50. The SMILES string of the molecule is CC(=O)c1c(C)nn(CC(=O)N2CCN(CCOc3ccc(Cl)cc3C)CC2)c1C. The molecule has 1 aromatic heterocycles. The van der Waals surface area contributed by atoms with Gasteiger partial charge in [-0.1, -0.05) is 11.6 Å². The molecule has 0 atom stereocenters. The fourth-order valence-corrected chi connectivity index (χ4v) is 4.10. The summed E-state index contributed by atoms with van der Waals surface area (Å²) in [6.45, 7) is 11.7. The summed E-state index contributed by atoms with van der Waals surface area (Å²) in [5.74, 6) is 0.861. The zero-order valence-electron chi connectivity index (χ0n) is 18.1. The molecule has 0 radical (unpaired) electrons. The number of nitrogens with zero attached hydrogens (tertiary/aromatic N) is 4. The van der Waals surface area contributed by atoms with Crippen molar-refractivity contribution in [2.45, 2.75) is 34.2 Å². The fourth-order valence-electron chi connectivity index (χ4n) is 3.87. The van der Waals surface area contributed by atoms with Crippen molar-refractivity contribution in [1.82, 2.24) is 19.6 Å². The highest BCUT2D eigenvalue weighted by Gasteiger charge is 2.23. The number of benzene rings is 1. The van der Waals surface area contributed by atoms with Gasteiger partial charge in [-0.15, -0.1) is 0 Å². The van der Waals surface area contributed by atoms with Crippen LogP contribution in [0.4, 0.5) is 0 Å². The summed E-state index contributed by atoms with van der Waals surface area (Å²) in [6.07, 6.45) is 0. The van der Waals surface area contributed by atoms with E-state index >= 15 is 0 Å². The van der Waals surface area contributed by atoms with Gasteiger partial charge in [-0.25, -0.2) is 0 Å². The van der Waals surface area contributed by atoms with Crippen LogP contribution in [-0.2, 0) is 11.3 Å². The summed E-state index contributed by atoms with van der Waals surface area (Å²) >= 11 is 5.98. The van der Waals surface area contributed by atoms with Crippen molar-refractivity contribution in [3.8, 4) is 5.75 Å². The van der Waals surface area contributed by atoms with E-state index < -0.39 is 0 Å². The zero-order valence-corrected chi connectivity index (χ0v) is 18.8. The number of halogens is 1. The van der Waals surface area contributed by atoms with Gasteiger partial charge in [-0.05, 0) is 51.5 Å². The maximum absolute atomic E-state index is 12.7. The zero-order chi connectivity index (χ0) is 21.8. The van der Waals surface area contributed by atoms with E-state index in [1.54, 1.807) is 11.6 Å². The molecule has 0 N–H and O–H groups in total. The summed E-state index contributed by atoms with van der Waals surface area (Å²) in [5.41, 5.74) is 3.06. The van der Waals surface area contributed by atoms with Crippen molar-refractivity contribution in [2.24, 2.45) is 0 Å². The van der Waals surface area contributed by atoms with Crippen LogP contribution in [0.3, 0.4) is 0 Å². The molecule has 0 spiro atoms. The molecule has 1 saturated heterocycles. The topological polar surface area (TPSA) is 67.7 Å². The third kappa shape index (κ3) is 5.21. The number of carbonyl (C=O) groups is 2. The van der Waals surface area contributed by atoms with Crippen LogP contribution in [0.25, 0.3) is 0 Å². The van der Waals surface area contributed by atoms with Gasteiger partial charge in [0.1, 0.15) is 18.9 Å². The Kier molecular flexibility index (Phi) is 7.15. The third-order valence-electron chi connectivity index (χ3n) is 5.55. The number of hydrogen-bond donors (Lipinski definition) is 0. The molecule has 7 nitrogen and oxygen atoms in total. The van der Waals surface area contributed by atoms with Crippen molar-refractivity contribution in [1.29, 1.82) is 0 Å². The van der Waals surface area contributed by atoms with Gasteiger partial charge in [0.2, 0.25) is 5.91 Å².